The maximum Gasteiger partial charge on any atom is 0.294 e. The van der Waals surface area contributed by atoms with Gasteiger partial charge in [0.25, 0.3) is 5.69 Å². The van der Waals surface area contributed by atoms with E-state index in [1.807, 2.05) is 17.1 Å². The van der Waals surface area contributed by atoms with Gasteiger partial charge in [0.15, 0.2) is 0 Å². The van der Waals surface area contributed by atoms with Crippen molar-refractivity contribution in [3.63, 3.8) is 0 Å². The van der Waals surface area contributed by atoms with Crippen LogP contribution in [-0.4, -0.2) is 54.2 Å². The Hall–Kier alpha value is -3.23. The van der Waals surface area contributed by atoms with Crippen LogP contribution < -0.4 is 9.80 Å². The van der Waals surface area contributed by atoms with Gasteiger partial charge >= 0.3 is 0 Å². The molecule has 1 saturated carbocycles. The molecule has 2 aliphatic heterocycles. The number of nitro groups is 1. The Morgan fingerprint density at radius 3 is 2.17 bits per heavy atom. The first-order valence-corrected chi connectivity index (χ1v) is 9.78. The van der Waals surface area contributed by atoms with Crippen molar-refractivity contribution in [2.75, 3.05) is 36.0 Å². The molecule has 0 spiro atoms. The van der Waals surface area contributed by atoms with Crippen LogP contribution in [0.2, 0.25) is 0 Å². The van der Waals surface area contributed by atoms with E-state index in [0.717, 1.165) is 17.7 Å². The van der Waals surface area contributed by atoms with E-state index in [1.54, 1.807) is 17.0 Å². The van der Waals surface area contributed by atoms with Gasteiger partial charge in [-0.05, 0) is 30.4 Å². The van der Waals surface area contributed by atoms with Crippen LogP contribution in [0.3, 0.4) is 0 Å². The highest BCUT2D eigenvalue weighted by molar-refractivity contribution is 6.23. The van der Waals surface area contributed by atoms with Crippen molar-refractivity contribution in [2.24, 2.45) is 23.7 Å². The van der Waals surface area contributed by atoms with Crippen LogP contribution >= 0.6 is 0 Å². The highest BCUT2D eigenvalue weighted by Gasteiger charge is 2.59. The van der Waals surface area contributed by atoms with Gasteiger partial charge in [0.05, 0.1) is 22.4 Å². The Balaban J connectivity index is 1.46. The minimum Gasteiger partial charge on any atom is -0.362 e. The first-order valence-electron chi connectivity index (χ1n) is 9.78. The standard InChI is InChI=1S/C20H20N4O5/c25-11-21-5-7-22(8-6-21)15-4-3-14(10-16(15)24(28)29)23-19(26)17-12-1-2-13(9-12)18(17)20(23)27/h1-4,10-13,17-18H,5-9H2/t12-,13-,17-,18+/m0/s1. The highest BCUT2D eigenvalue weighted by Crippen LogP contribution is 2.53. The lowest BCUT2D eigenvalue weighted by molar-refractivity contribution is -0.384. The lowest BCUT2D eigenvalue weighted by Gasteiger charge is -2.34. The Morgan fingerprint density at radius 1 is 1.00 bits per heavy atom. The lowest BCUT2D eigenvalue weighted by Crippen LogP contribution is -2.45. The van der Waals surface area contributed by atoms with E-state index in [4.69, 9.17) is 0 Å². The number of fused-ring (bicyclic) bond motifs is 5. The molecular formula is C20H20N4O5. The predicted octanol–water partition coefficient (Wildman–Crippen LogP) is 1.18. The number of nitro benzene ring substituents is 1. The van der Waals surface area contributed by atoms with Crippen molar-refractivity contribution in [3.05, 3.63) is 40.5 Å². The Bertz CT molecular complexity index is 922. The Morgan fingerprint density at radius 2 is 1.62 bits per heavy atom. The number of piperazine rings is 1. The van der Waals surface area contributed by atoms with Gasteiger partial charge in [0.2, 0.25) is 18.2 Å². The van der Waals surface area contributed by atoms with E-state index in [2.05, 4.69) is 0 Å². The molecule has 1 aromatic rings. The summed E-state index contributed by atoms with van der Waals surface area (Å²) in [6, 6.07) is 4.54. The topological polar surface area (TPSA) is 104 Å². The van der Waals surface area contributed by atoms with Gasteiger partial charge in [0, 0.05) is 32.2 Å². The molecular weight excluding hydrogens is 376 g/mol. The van der Waals surface area contributed by atoms with Crippen molar-refractivity contribution >= 4 is 35.3 Å². The maximum atomic E-state index is 13.0. The molecule has 4 atom stereocenters. The van der Waals surface area contributed by atoms with E-state index in [1.165, 1.54) is 6.07 Å². The monoisotopic (exact) mass is 396 g/mol. The molecule has 3 amide bonds. The molecule has 2 heterocycles. The fraction of sp³-hybridized carbons (Fsp3) is 0.450. The number of rotatable bonds is 4. The molecule has 0 unspecified atom stereocenters. The van der Waals surface area contributed by atoms with Gasteiger partial charge in [-0.3, -0.25) is 24.5 Å². The van der Waals surface area contributed by atoms with Gasteiger partial charge in [0.1, 0.15) is 5.69 Å². The van der Waals surface area contributed by atoms with Crippen molar-refractivity contribution < 1.29 is 19.3 Å². The number of anilines is 2. The minimum atomic E-state index is -0.484. The molecule has 9 heteroatoms. The molecule has 0 radical (unpaired) electrons. The molecule has 150 valence electrons. The SMILES string of the molecule is O=CN1CCN(c2ccc(N3C(=O)[C@@H]4[C@H](C3=O)[C@H]3C=C[C@H]4C3)cc2[N+](=O)[O-])CC1. The average Bonchev–Trinajstić information content (AvgIpc) is 3.41. The summed E-state index contributed by atoms with van der Waals surface area (Å²) in [7, 11) is 0. The molecule has 2 bridgehead atoms. The Kier molecular flexibility index (Phi) is 3.94. The van der Waals surface area contributed by atoms with E-state index in [9.17, 15) is 24.5 Å². The summed E-state index contributed by atoms with van der Waals surface area (Å²) < 4.78 is 0. The molecule has 9 nitrogen and oxygen atoms in total. The first kappa shape index (κ1) is 17.8. The third kappa shape index (κ3) is 2.56. The second-order valence-electron chi connectivity index (χ2n) is 8.07. The number of amides is 3. The van der Waals surface area contributed by atoms with Crippen molar-refractivity contribution in [3.8, 4) is 0 Å². The number of nitrogens with zero attached hydrogens (tertiary/aromatic N) is 4. The van der Waals surface area contributed by atoms with Gasteiger partial charge in [-0.1, -0.05) is 12.2 Å². The van der Waals surface area contributed by atoms with Crippen LogP contribution in [0.15, 0.2) is 30.4 Å². The highest BCUT2D eigenvalue weighted by atomic mass is 16.6. The van der Waals surface area contributed by atoms with E-state index in [0.29, 0.717) is 31.9 Å². The van der Waals surface area contributed by atoms with Crippen LogP contribution in [0.4, 0.5) is 17.1 Å². The van der Waals surface area contributed by atoms with Crippen LogP contribution in [-0.2, 0) is 14.4 Å². The molecule has 1 aromatic carbocycles. The number of hydrogen-bond acceptors (Lipinski definition) is 6. The molecule has 4 aliphatic rings. The summed E-state index contributed by atoms with van der Waals surface area (Å²) in [5, 5.41) is 11.7. The third-order valence-electron chi connectivity index (χ3n) is 6.69. The van der Waals surface area contributed by atoms with Gasteiger partial charge in [-0.15, -0.1) is 0 Å². The summed E-state index contributed by atoms with van der Waals surface area (Å²) in [4.78, 5) is 52.7. The molecule has 0 aromatic heterocycles. The van der Waals surface area contributed by atoms with Crippen molar-refractivity contribution in [1.82, 2.24) is 4.90 Å². The van der Waals surface area contributed by atoms with Gasteiger partial charge < -0.3 is 9.80 Å². The second kappa shape index (κ2) is 6.40. The summed E-state index contributed by atoms with van der Waals surface area (Å²) in [6.07, 6.45) is 5.65. The minimum absolute atomic E-state index is 0.0924. The number of benzene rings is 1. The number of imide groups is 1. The van der Waals surface area contributed by atoms with Gasteiger partial charge in [-0.2, -0.15) is 0 Å². The van der Waals surface area contributed by atoms with Crippen LogP contribution in [0.1, 0.15) is 6.42 Å². The van der Waals surface area contributed by atoms with Crippen LogP contribution in [0.25, 0.3) is 0 Å². The maximum absolute atomic E-state index is 13.0. The molecule has 2 aliphatic carbocycles. The lowest BCUT2D eigenvalue weighted by atomic mass is 9.85. The smallest absolute Gasteiger partial charge is 0.294 e. The summed E-state index contributed by atoms with van der Waals surface area (Å²) in [5.41, 5.74) is 0.557. The average molecular weight is 396 g/mol. The Labute approximate surface area is 166 Å². The van der Waals surface area contributed by atoms with Crippen molar-refractivity contribution in [1.29, 1.82) is 0 Å². The summed E-state index contributed by atoms with van der Waals surface area (Å²) in [5.74, 6) is -0.998. The largest absolute Gasteiger partial charge is 0.362 e. The fourth-order valence-electron chi connectivity index (χ4n) is 5.29. The molecule has 29 heavy (non-hydrogen) atoms. The number of carbonyl (C=O) groups excluding carboxylic acids is 3. The van der Waals surface area contributed by atoms with Gasteiger partial charge in [-0.25, -0.2) is 4.90 Å². The zero-order valence-electron chi connectivity index (χ0n) is 15.6. The second-order valence-corrected chi connectivity index (χ2v) is 8.07. The third-order valence-corrected chi connectivity index (χ3v) is 6.69. The summed E-state index contributed by atoms with van der Waals surface area (Å²) >= 11 is 0. The number of carbonyl (C=O) groups is 3. The van der Waals surface area contributed by atoms with Crippen LogP contribution in [0, 0.1) is 33.8 Å². The molecule has 3 fully saturated rings. The molecule has 5 rings (SSSR count). The predicted molar refractivity (Wildman–Crippen MR) is 103 cm³/mol. The van der Waals surface area contributed by atoms with Crippen molar-refractivity contribution in [2.45, 2.75) is 6.42 Å². The number of allylic oxidation sites excluding steroid dienone is 2. The van der Waals surface area contributed by atoms with E-state index >= 15 is 0 Å². The zero-order valence-corrected chi connectivity index (χ0v) is 15.6. The molecule has 2 saturated heterocycles. The number of hydrogen-bond donors (Lipinski definition) is 0. The zero-order chi connectivity index (χ0) is 20.3. The van der Waals surface area contributed by atoms with E-state index < -0.39 is 4.92 Å². The quantitative estimate of drug-likeness (QED) is 0.249. The summed E-state index contributed by atoms with van der Waals surface area (Å²) in [6.45, 7) is 1.95. The molecule has 0 N–H and O–H groups in total. The normalized spacial score (nSPS) is 30.3. The first-order chi connectivity index (χ1) is 14.0. The van der Waals surface area contributed by atoms with E-state index in [-0.39, 0.29) is 46.9 Å². The fourth-order valence-corrected chi connectivity index (χ4v) is 5.29. The van der Waals surface area contributed by atoms with Crippen LogP contribution in [0.5, 0.6) is 0 Å².